The second kappa shape index (κ2) is 8.09. The fourth-order valence-electron chi connectivity index (χ4n) is 3.95. The van der Waals surface area contributed by atoms with Gasteiger partial charge in [-0.05, 0) is 80.8 Å². The van der Waals surface area contributed by atoms with Gasteiger partial charge in [0.25, 0.3) is 0 Å². The van der Waals surface area contributed by atoms with E-state index in [2.05, 4.69) is 54.2 Å². The van der Waals surface area contributed by atoms with Gasteiger partial charge in [0, 0.05) is 12.1 Å². The third-order valence-corrected chi connectivity index (χ3v) is 5.62. The lowest BCUT2D eigenvalue weighted by Gasteiger charge is -2.12. The van der Waals surface area contributed by atoms with E-state index in [1.54, 1.807) is 7.11 Å². The van der Waals surface area contributed by atoms with Crippen molar-refractivity contribution in [1.29, 1.82) is 0 Å². The fraction of sp³-hybridized carbons (Fsp3) is 0.375. The van der Waals surface area contributed by atoms with E-state index in [1.165, 1.54) is 52.3 Å². The number of hydrogen-bond acceptors (Lipinski definition) is 3. The van der Waals surface area contributed by atoms with Gasteiger partial charge in [0.1, 0.15) is 11.6 Å². The number of methoxy groups -OCH3 is 1. The lowest BCUT2D eigenvalue weighted by atomic mass is 10.0. The smallest absolute Gasteiger partial charge is 0.133 e. The van der Waals surface area contributed by atoms with Crippen LogP contribution >= 0.6 is 0 Å². The second-order valence-corrected chi connectivity index (χ2v) is 7.71. The Morgan fingerprint density at radius 1 is 1.04 bits per heavy atom. The van der Waals surface area contributed by atoms with E-state index < -0.39 is 0 Å². The molecule has 0 fully saturated rings. The summed E-state index contributed by atoms with van der Waals surface area (Å²) < 4.78 is 7.41. The summed E-state index contributed by atoms with van der Waals surface area (Å²) in [6.45, 7) is 5.32. The molecule has 28 heavy (non-hydrogen) atoms. The number of nitrogens with zero attached hydrogens (tertiary/aromatic N) is 2. The van der Waals surface area contributed by atoms with Crippen LogP contribution in [0.25, 0.3) is 5.69 Å². The molecule has 0 aliphatic carbocycles. The first kappa shape index (κ1) is 18.6. The molecule has 3 aromatic rings. The molecular formula is C24H29N3O. The van der Waals surface area contributed by atoms with Crippen molar-refractivity contribution in [2.24, 2.45) is 0 Å². The molecule has 4 nitrogen and oxygen atoms in total. The van der Waals surface area contributed by atoms with E-state index in [0.717, 1.165) is 31.6 Å². The molecule has 2 heterocycles. The number of aryl methyl sites for hydroxylation is 4. The van der Waals surface area contributed by atoms with Crippen LogP contribution in [-0.2, 0) is 19.3 Å². The van der Waals surface area contributed by atoms with E-state index >= 15 is 0 Å². The van der Waals surface area contributed by atoms with Gasteiger partial charge in [-0.25, -0.2) is 4.68 Å². The van der Waals surface area contributed by atoms with E-state index in [9.17, 15) is 0 Å². The molecule has 1 aliphatic rings. The van der Waals surface area contributed by atoms with Crippen molar-refractivity contribution in [2.45, 2.75) is 46.0 Å². The molecule has 4 heteroatoms. The summed E-state index contributed by atoms with van der Waals surface area (Å²) in [7, 11) is 1.71. The van der Waals surface area contributed by atoms with Crippen molar-refractivity contribution in [1.82, 2.24) is 9.78 Å². The Hall–Kier alpha value is -2.75. The number of benzene rings is 2. The van der Waals surface area contributed by atoms with Gasteiger partial charge in [-0.1, -0.05) is 24.3 Å². The molecule has 2 aromatic carbocycles. The molecule has 0 radical (unpaired) electrons. The number of hydrogen-bond donors (Lipinski definition) is 1. The summed E-state index contributed by atoms with van der Waals surface area (Å²) in [6, 6.07) is 15.0. The van der Waals surface area contributed by atoms with Crippen molar-refractivity contribution in [3.8, 4) is 11.4 Å². The van der Waals surface area contributed by atoms with Gasteiger partial charge in [0.2, 0.25) is 0 Å². The zero-order valence-corrected chi connectivity index (χ0v) is 17.1. The number of aromatic nitrogens is 2. The van der Waals surface area contributed by atoms with Gasteiger partial charge >= 0.3 is 0 Å². The average Bonchev–Trinajstić information content (AvgIpc) is 2.88. The van der Waals surface area contributed by atoms with Crippen LogP contribution in [0.5, 0.6) is 5.75 Å². The summed E-state index contributed by atoms with van der Waals surface area (Å²) in [6.07, 6.45) is 5.47. The molecule has 0 amide bonds. The van der Waals surface area contributed by atoms with Crippen LogP contribution in [0.15, 0.2) is 42.5 Å². The summed E-state index contributed by atoms with van der Waals surface area (Å²) in [5.41, 5.74) is 7.63. The van der Waals surface area contributed by atoms with E-state index in [4.69, 9.17) is 9.84 Å². The van der Waals surface area contributed by atoms with Gasteiger partial charge in [-0.15, -0.1) is 0 Å². The van der Waals surface area contributed by atoms with Crippen LogP contribution in [0.1, 0.15) is 40.8 Å². The van der Waals surface area contributed by atoms with Gasteiger partial charge in [0.15, 0.2) is 0 Å². The van der Waals surface area contributed by atoms with Crippen molar-refractivity contribution in [3.05, 3.63) is 70.4 Å². The molecule has 0 saturated carbocycles. The number of fused-ring (bicyclic) bond motifs is 1. The molecule has 0 spiro atoms. The molecule has 1 aromatic heterocycles. The van der Waals surface area contributed by atoms with Crippen LogP contribution in [0.3, 0.4) is 0 Å². The molecule has 1 aliphatic heterocycles. The maximum atomic E-state index is 5.27. The maximum Gasteiger partial charge on any atom is 0.133 e. The molecular weight excluding hydrogens is 346 g/mol. The van der Waals surface area contributed by atoms with E-state index in [1.807, 2.05) is 12.1 Å². The van der Waals surface area contributed by atoms with Crippen LogP contribution in [0, 0.1) is 13.8 Å². The van der Waals surface area contributed by atoms with Crippen LogP contribution in [0.4, 0.5) is 5.82 Å². The van der Waals surface area contributed by atoms with Gasteiger partial charge < -0.3 is 10.1 Å². The molecule has 4 rings (SSSR count). The lowest BCUT2D eigenvalue weighted by Crippen LogP contribution is -2.08. The molecule has 0 unspecified atom stereocenters. The molecule has 0 bridgehead atoms. The predicted octanol–water partition coefficient (Wildman–Crippen LogP) is 5.03. The Bertz CT molecular complexity index is 957. The zero-order chi connectivity index (χ0) is 19.5. The SMILES string of the molecule is COc1ccc(CCc2nn(-c3cc(C)ccc3C)c3c2CCCCN3)cc1. The number of ether oxygens (including phenoxy) is 1. The minimum atomic E-state index is 0.904. The van der Waals surface area contributed by atoms with Crippen LogP contribution in [-0.4, -0.2) is 23.4 Å². The third-order valence-electron chi connectivity index (χ3n) is 5.62. The Balaban J connectivity index is 1.67. The van der Waals surface area contributed by atoms with Crippen LogP contribution in [0.2, 0.25) is 0 Å². The first-order valence-corrected chi connectivity index (χ1v) is 10.2. The van der Waals surface area contributed by atoms with Gasteiger partial charge in [-0.3, -0.25) is 0 Å². The molecule has 1 N–H and O–H groups in total. The summed E-state index contributed by atoms with van der Waals surface area (Å²) in [5, 5.41) is 8.74. The molecule has 0 saturated heterocycles. The maximum absolute atomic E-state index is 5.27. The van der Waals surface area contributed by atoms with Crippen LogP contribution < -0.4 is 10.1 Å². The second-order valence-electron chi connectivity index (χ2n) is 7.71. The van der Waals surface area contributed by atoms with E-state index in [-0.39, 0.29) is 0 Å². The Morgan fingerprint density at radius 3 is 2.64 bits per heavy atom. The van der Waals surface area contributed by atoms with Crippen molar-refractivity contribution < 1.29 is 4.74 Å². The summed E-state index contributed by atoms with van der Waals surface area (Å²) >= 11 is 0. The highest BCUT2D eigenvalue weighted by atomic mass is 16.5. The Labute approximate surface area is 167 Å². The largest absolute Gasteiger partial charge is 0.497 e. The summed E-state index contributed by atoms with van der Waals surface area (Å²) in [4.78, 5) is 0. The molecule has 146 valence electrons. The third kappa shape index (κ3) is 3.77. The highest BCUT2D eigenvalue weighted by Gasteiger charge is 2.21. The average molecular weight is 376 g/mol. The Morgan fingerprint density at radius 2 is 1.86 bits per heavy atom. The topological polar surface area (TPSA) is 39.1 Å². The monoisotopic (exact) mass is 375 g/mol. The highest BCUT2D eigenvalue weighted by molar-refractivity contribution is 5.56. The number of nitrogens with one attached hydrogen (secondary N) is 1. The normalized spacial score (nSPS) is 13.5. The predicted molar refractivity (Wildman–Crippen MR) is 115 cm³/mol. The lowest BCUT2D eigenvalue weighted by molar-refractivity contribution is 0.414. The minimum absolute atomic E-state index is 0.904. The first-order valence-electron chi connectivity index (χ1n) is 10.2. The standard InChI is InChI=1S/C24H29N3O/c1-17-7-8-18(2)23(16-17)27-24-21(6-4-5-15-25-24)22(26-27)14-11-19-9-12-20(28-3)13-10-19/h7-10,12-13,16,25H,4-6,11,14-15H2,1-3H3. The highest BCUT2D eigenvalue weighted by Crippen LogP contribution is 2.30. The molecule has 0 atom stereocenters. The zero-order valence-electron chi connectivity index (χ0n) is 17.1. The van der Waals surface area contributed by atoms with Crippen molar-refractivity contribution in [2.75, 3.05) is 19.0 Å². The minimum Gasteiger partial charge on any atom is -0.497 e. The fourth-order valence-corrected chi connectivity index (χ4v) is 3.95. The Kier molecular flexibility index (Phi) is 5.38. The number of rotatable bonds is 5. The quantitative estimate of drug-likeness (QED) is 0.680. The van der Waals surface area contributed by atoms with Gasteiger partial charge in [-0.2, -0.15) is 5.10 Å². The van der Waals surface area contributed by atoms with E-state index in [0.29, 0.717) is 0 Å². The first-order chi connectivity index (χ1) is 13.7. The van der Waals surface area contributed by atoms with Gasteiger partial charge in [0.05, 0.1) is 18.5 Å². The van der Waals surface area contributed by atoms with Crippen molar-refractivity contribution >= 4 is 5.82 Å². The number of anilines is 1. The summed E-state index contributed by atoms with van der Waals surface area (Å²) in [5.74, 6) is 2.09. The van der Waals surface area contributed by atoms with Crippen molar-refractivity contribution in [3.63, 3.8) is 0 Å².